The summed E-state index contributed by atoms with van der Waals surface area (Å²) in [5, 5.41) is 4.17. The van der Waals surface area contributed by atoms with Crippen LogP contribution in [0.15, 0.2) is 9.95 Å². The molecule has 7 heteroatoms. The molecule has 5 nitrogen and oxygen atoms in total. The number of hydrogen-bond acceptors (Lipinski definition) is 5. The van der Waals surface area contributed by atoms with Gasteiger partial charge in [-0.05, 0) is 56.9 Å². The van der Waals surface area contributed by atoms with E-state index >= 15 is 0 Å². The zero-order valence-electron chi connectivity index (χ0n) is 17.3. The Labute approximate surface area is 175 Å². The maximum atomic E-state index is 13.4. The number of amides is 1. The van der Waals surface area contributed by atoms with Crippen molar-refractivity contribution in [1.82, 2.24) is 14.9 Å². The highest BCUT2D eigenvalue weighted by Crippen LogP contribution is 2.35. The van der Waals surface area contributed by atoms with Gasteiger partial charge in [-0.2, -0.15) is 0 Å². The summed E-state index contributed by atoms with van der Waals surface area (Å²) in [6.07, 6.45) is 6.21. The highest BCUT2D eigenvalue weighted by atomic mass is 32.2. The minimum atomic E-state index is -0.282. The van der Waals surface area contributed by atoms with Gasteiger partial charge in [0.15, 0.2) is 5.16 Å². The Morgan fingerprint density at radius 1 is 1.29 bits per heavy atom. The molecule has 1 aliphatic rings. The Kier molecular flexibility index (Phi) is 7.20. The second-order valence-electron chi connectivity index (χ2n) is 7.98. The van der Waals surface area contributed by atoms with Crippen molar-refractivity contribution in [3.8, 4) is 0 Å². The number of rotatable bonds is 8. The van der Waals surface area contributed by atoms with Crippen LogP contribution < -0.4 is 10.9 Å². The predicted octanol–water partition coefficient (Wildman–Crippen LogP) is 4.39. The Morgan fingerprint density at radius 2 is 2.04 bits per heavy atom. The first-order valence-electron chi connectivity index (χ1n) is 10.4. The van der Waals surface area contributed by atoms with Gasteiger partial charge in [-0.3, -0.25) is 14.2 Å². The molecule has 0 aromatic carbocycles. The minimum absolute atomic E-state index is 0.00193. The van der Waals surface area contributed by atoms with E-state index in [2.05, 4.69) is 19.2 Å². The van der Waals surface area contributed by atoms with Crippen LogP contribution in [0.4, 0.5) is 0 Å². The summed E-state index contributed by atoms with van der Waals surface area (Å²) in [6.45, 7) is 9.58. The fourth-order valence-electron chi connectivity index (χ4n) is 3.50. The first-order chi connectivity index (χ1) is 13.4. The van der Waals surface area contributed by atoms with Crippen molar-refractivity contribution in [3.63, 3.8) is 0 Å². The van der Waals surface area contributed by atoms with Crippen LogP contribution in [0, 0.1) is 5.92 Å². The number of thioether (sulfide) groups is 1. The number of nitrogens with one attached hydrogen (secondary N) is 1. The van der Waals surface area contributed by atoms with Gasteiger partial charge < -0.3 is 5.32 Å². The number of carbonyl (C=O) groups excluding carboxylic acids is 1. The number of hydrogen-bond donors (Lipinski definition) is 1. The summed E-state index contributed by atoms with van der Waals surface area (Å²) < 4.78 is 1.82. The molecular formula is C21H31N3O2S2. The van der Waals surface area contributed by atoms with Gasteiger partial charge in [0, 0.05) is 18.0 Å². The first kappa shape index (κ1) is 21.4. The van der Waals surface area contributed by atoms with Crippen LogP contribution in [0.25, 0.3) is 10.2 Å². The van der Waals surface area contributed by atoms with E-state index in [1.165, 1.54) is 28.6 Å². The maximum Gasteiger partial charge on any atom is 0.263 e. The number of carbonyl (C=O) groups is 1. The average Bonchev–Trinajstić information content (AvgIpc) is 3.03. The number of aromatic nitrogens is 2. The van der Waals surface area contributed by atoms with Gasteiger partial charge in [-0.25, -0.2) is 4.98 Å². The highest BCUT2D eigenvalue weighted by molar-refractivity contribution is 8.00. The average molecular weight is 422 g/mol. The number of aryl methyl sites for hydroxylation is 2. The van der Waals surface area contributed by atoms with Crippen LogP contribution in [0.5, 0.6) is 0 Å². The molecule has 2 aromatic heterocycles. The minimum Gasteiger partial charge on any atom is -0.355 e. The molecule has 0 saturated carbocycles. The van der Waals surface area contributed by atoms with Gasteiger partial charge in [0.2, 0.25) is 5.91 Å². The second kappa shape index (κ2) is 9.44. The van der Waals surface area contributed by atoms with Crippen molar-refractivity contribution in [3.05, 3.63) is 20.8 Å². The van der Waals surface area contributed by atoms with Gasteiger partial charge in [-0.15, -0.1) is 11.3 Å². The Hall–Kier alpha value is -1.34. The van der Waals surface area contributed by atoms with Crippen molar-refractivity contribution in [1.29, 1.82) is 0 Å². The Bertz CT molecular complexity index is 901. The molecule has 0 fully saturated rings. The van der Waals surface area contributed by atoms with E-state index in [0.29, 0.717) is 24.2 Å². The molecule has 1 aliphatic carbocycles. The Balaban J connectivity index is 2.00. The molecule has 1 atom stereocenters. The molecule has 2 aromatic rings. The lowest BCUT2D eigenvalue weighted by atomic mass is 9.97. The SMILES string of the molecule is CCCNC(=O)[C@@H](C)Sc1nc2sc3c(c2c(=O)n1CCC(C)C)CCCC3. The van der Waals surface area contributed by atoms with Gasteiger partial charge in [0.25, 0.3) is 5.56 Å². The summed E-state index contributed by atoms with van der Waals surface area (Å²) in [5.41, 5.74) is 1.31. The van der Waals surface area contributed by atoms with Crippen molar-refractivity contribution >= 4 is 39.2 Å². The zero-order valence-corrected chi connectivity index (χ0v) is 19.0. The summed E-state index contributed by atoms with van der Waals surface area (Å²) in [7, 11) is 0. The molecule has 0 bridgehead atoms. The molecule has 0 unspecified atom stereocenters. The van der Waals surface area contributed by atoms with E-state index < -0.39 is 0 Å². The smallest absolute Gasteiger partial charge is 0.263 e. The first-order valence-corrected chi connectivity index (χ1v) is 12.1. The van der Waals surface area contributed by atoms with Crippen LogP contribution in [0.2, 0.25) is 0 Å². The van der Waals surface area contributed by atoms with E-state index in [9.17, 15) is 9.59 Å². The third-order valence-corrected chi connectivity index (χ3v) is 7.45. The fourth-order valence-corrected chi connectivity index (χ4v) is 5.76. The predicted molar refractivity (Wildman–Crippen MR) is 119 cm³/mol. The normalized spacial score (nSPS) is 15.0. The van der Waals surface area contributed by atoms with Crippen molar-refractivity contribution in [2.45, 2.75) is 83.2 Å². The molecule has 0 saturated heterocycles. The molecule has 1 amide bonds. The zero-order chi connectivity index (χ0) is 20.3. The van der Waals surface area contributed by atoms with Gasteiger partial charge >= 0.3 is 0 Å². The van der Waals surface area contributed by atoms with E-state index in [1.807, 2.05) is 18.4 Å². The molecule has 3 rings (SSSR count). The lowest BCUT2D eigenvalue weighted by Gasteiger charge is -2.17. The highest BCUT2D eigenvalue weighted by Gasteiger charge is 2.24. The van der Waals surface area contributed by atoms with Crippen LogP contribution >= 0.6 is 23.1 Å². The lowest BCUT2D eigenvalue weighted by Crippen LogP contribution is -2.32. The summed E-state index contributed by atoms with van der Waals surface area (Å²) in [5.74, 6) is 0.504. The molecule has 0 radical (unpaired) electrons. The van der Waals surface area contributed by atoms with Gasteiger partial charge in [0.1, 0.15) is 4.83 Å². The fraction of sp³-hybridized carbons (Fsp3) is 0.667. The van der Waals surface area contributed by atoms with Crippen LogP contribution in [-0.4, -0.2) is 27.3 Å². The second-order valence-corrected chi connectivity index (χ2v) is 10.4. The largest absolute Gasteiger partial charge is 0.355 e. The maximum absolute atomic E-state index is 13.4. The molecule has 1 N–H and O–H groups in total. The molecule has 28 heavy (non-hydrogen) atoms. The number of fused-ring (bicyclic) bond motifs is 3. The summed E-state index contributed by atoms with van der Waals surface area (Å²) in [6, 6.07) is 0. The van der Waals surface area contributed by atoms with E-state index in [-0.39, 0.29) is 16.7 Å². The molecule has 0 spiro atoms. The number of nitrogens with zero attached hydrogens (tertiary/aromatic N) is 2. The van der Waals surface area contributed by atoms with E-state index in [0.717, 1.165) is 42.3 Å². The van der Waals surface area contributed by atoms with Crippen molar-refractivity contribution in [2.24, 2.45) is 5.92 Å². The van der Waals surface area contributed by atoms with Crippen LogP contribution in [0.3, 0.4) is 0 Å². The Morgan fingerprint density at radius 3 is 2.75 bits per heavy atom. The summed E-state index contributed by atoms with van der Waals surface area (Å²) >= 11 is 3.07. The van der Waals surface area contributed by atoms with E-state index in [4.69, 9.17) is 4.98 Å². The lowest BCUT2D eigenvalue weighted by molar-refractivity contribution is -0.120. The van der Waals surface area contributed by atoms with Crippen molar-refractivity contribution < 1.29 is 4.79 Å². The van der Waals surface area contributed by atoms with Gasteiger partial charge in [0.05, 0.1) is 10.6 Å². The number of thiophene rings is 1. The van der Waals surface area contributed by atoms with E-state index in [1.54, 1.807) is 11.3 Å². The summed E-state index contributed by atoms with van der Waals surface area (Å²) in [4.78, 5) is 32.8. The van der Waals surface area contributed by atoms with Gasteiger partial charge in [-0.1, -0.05) is 32.5 Å². The van der Waals surface area contributed by atoms with Crippen LogP contribution in [-0.2, 0) is 24.2 Å². The molecule has 2 heterocycles. The monoisotopic (exact) mass is 421 g/mol. The molecule has 154 valence electrons. The topological polar surface area (TPSA) is 64.0 Å². The molecule has 0 aliphatic heterocycles. The molecular weight excluding hydrogens is 390 g/mol. The third kappa shape index (κ3) is 4.62. The van der Waals surface area contributed by atoms with Crippen LogP contribution in [0.1, 0.15) is 63.8 Å². The van der Waals surface area contributed by atoms with Crippen molar-refractivity contribution in [2.75, 3.05) is 6.54 Å². The third-order valence-electron chi connectivity index (χ3n) is 5.17. The quantitative estimate of drug-likeness (QED) is 0.507. The standard InChI is InChI=1S/C21H31N3O2S2/c1-5-11-22-18(25)14(4)27-21-23-19-17(15-8-6-7-9-16(15)28-19)20(26)24(21)12-10-13(2)3/h13-14H,5-12H2,1-4H3,(H,22,25)/t14-/m1/s1.